The van der Waals surface area contributed by atoms with Gasteiger partial charge in [-0.1, -0.05) is 12.8 Å². The molecule has 1 saturated carbocycles. The second-order valence-corrected chi connectivity index (χ2v) is 4.90. The van der Waals surface area contributed by atoms with Gasteiger partial charge in [0, 0.05) is 0 Å². The van der Waals surface area contributed by atoms with E-state index in [1.807, 2.05) is 0 Å². The smallest absolute Gasteiger partial charge is 0.321 e. The van der Waals surface area contributed by atoms with Crippen LogP contribution >= 0.6 is 0 Å². The zero-order valence-corrected chi connectivity index (χ0v) is 11.6. The SMILES string of the molecule is O=C(COC(=O)C1CCCC1)NC(=O)NCc1ccco1. The minimum Gasteiger partial charge on any atom is -0.467 e. The van der Waals surface area contributed by atoms with Gasteiger partial charge < -0.3 is 14.5 Å². The third-order valence-corrected chi connectivity index (χ3v) is 3.29. The van der Waals surface area contributed by atoms with E-state index in [1.165, 1.54) is 6.26 Å². The predicted octanol–water partition coefficient (Wildman–Crippen LogP) is 1.34. The zero-order chi connectivity index (χ0) is 15.1. The Kier molecular flexibility index (Phi) is 5.36. The maximum atomic E-state index is 11.6. The summed E-state index contributed by atoms with van der Waals surface area (Å²) < 4.78 is 9.92. The maximum Gasteiger partial charge on any atom is 0.321 e. The summed E-state index contributed by atoms with van der Waals surface area (Å²) in [6.07, 6.45) is 5.14. The fourth-order valence-corrected chi connectivity index (χ4v) is 2.20. The predicted molar refractivity (Wildman–Crippen MR) is 72.0 cm³/mol. The van der Waals surface area contributed by atoms with Crippen LogP contribution in [-0.4, -0.2) is 24.5 Å². The summed E-state index contributed by atoms with van der Waals surface area (Å²) in [4.78, 5) is 34.5. The molecule has 1 aromatic rings. The Morgan fingerprint density at radius 1 is 1.29 bits per heavy atom. The number of furan rings is 1. The Morgan fingerprint density at radius 3 is 2.71 bits per heavy atom. The topological polar surface area (TPSA) is 97.6 Å². The summed E-state index contributed by atoms with van der Waals surface area (Å²) >= 11 is 0. The van der Waals surface area contributed by atoms with E-state index in [9.17, 15) is 14.4 Å². The first-order valence-corrected chi connectivity index (χ1v) is 6.92. The van der Waals surface area contributed by atoms with Crippen molar-refractivity contribution >= 4 is 17.9 Å². The molecule has 1 heterocycles. The second kappa shape index (κ2) is 7.47. The minimum absolute atomic E-state index is 0.106. The van der Waals surface area contributed by atoms with Gasteiger partial charge in [-0.2, -0.15) is 0 Å². The number of carbonyl (C=O) groups is 3. The van der Waals surface area contributed by atoms with Crippen LogP contribution in [0.2, 0.25) is 0 Å². The van der Waals surface area contributed by atoms with Crippen LogP contribution in [0.25, 0.3) is 0 Å². The quantitative estimate of drug-likeness (QED) is 0.799. The average Bonchev–Trinajstić information content (AvgIpc) is 3.15. The van der Waals surface area contributed by atoms with E-state index in [2.05, 4.69) is 10.6 Å². The Hall–Kier alpha value is -2.31. The van der Waals surface area contributed by atoms with Crippen molar-refractivity contribution in [3.8, 4) is 0 Å². The van der Waals surface area contributed by atoms with Crippen molar-refractivity contribution in [3.63, 3.8) is 0 Å². The first kappa shape index (κ1) is 15.1. The number of rotatable bonds is 5. The lowest BCUT2D eigenvalue weighted by molar-refractivity contribution is -0.152. The first-order chi connectivity index (χ1) is 10.1. The van der Waals surface area contributed by atoms with Gasteiger partial charge in [-0.15, -0.1) is 0 Å². The number of hydrogen-bond donors (Lipinski definition) is 2. The van der Waals surface area contributed by atoms with Crippen molar-refractivity contribution in [3.05, 3.63) is 24.2 Å². The van der Waals surface area contributed by atoms with Crippen LogP contribution in [0.3, 0.4) is 0 Å². The van der Waals surface area contributed by atoms with Crippen LogP contribution in [0.5, 0.6) is 0 Å². The molecule has 21 heavy (non-hydrogen) atoms. The molecule has 0 spiro atoms. The van der Waals surface area contributed by atoms with Crippen LogP contribution in [0.4, 0.5) is 4.79 Å². The minimum atomic E-state index is -0.659. The molecule has 2 N–H and O–H groups in total. The number of esters is 1. The van der Waals surface area contributed by atoms with Crippen LogP contribution in [-0.2, 0) is 20.9 Å². The summed E-state index contributed by atoms with van der Waals surface area (Å²) in [6, 6.07) is 2.74. The van der Waals surface area contributed by atoms with E-state index < -0.39 is 18.5 Å². The van der Waals surface area contributed by atoms with Crippen molar-refractivity contribution < 1.29 is 23.5 Å². The molecule has 3 amide bonds. The Morgan fingerprint density at radius 2 is 2.05 bits per heavy atom. The summed E-state index contributed by atoms with van der Waals surface area (Å²) in [5.41, 5.74) is 0. The third-order valence-electron chi connectivity index (χ3n) is 3.29. The number of nitrogens with one attached hydrogen (secondary N) is 2. The molecule has 0 radical (unpaired) electrons. The van der Waals surface area contributed by atoms with Crippen molar-refractivity contribution in [1.82, 2.24) is 10.6 Å². The van der Waals surface area contributed by atoms with Crippen molar-refractivity contribution in [1.29, 1.82) is 0 Å². The van der Waals surface area contributed by atoms with E-state index in [4.69, 9.17) is 9.15 Å². The highest BCUT2D eigenvalue weighted by atomic mass is 16.5. The highest BCUT2D eigenvalue weighted by Gasteiger charge is 2.24. The fraction of sp³-hybridized carbons (Fsp3) is 0.500. The molecule has 7 heteroatoms. The molecular formula is C14H18N2O5. The van der Waals surface area contributed by atoms with Crippen molar-refractivity contribution in [2.75, 3.05) is 6.61 Å². The zero-order valence-electron chi connectivity index (χ0n) is 11.6. The van der Waals surface area contributed by atoms with Gasteiger partial charge >= 0.3 is 12.0 Å². The molecule has 0 unspecified atom stereocenters. The lowest BCUT2D eigenvalue weighted by Crippen LogP contribution is -2.41. The van der Waals surface area contributed by atoms with Crippen LogP contribution in [0, 0.1) is 5.92 Å². The largest absolute Gasteiger partial charge is 0.467 e. The van der Waals surface area contributed by atoms with Crippen molar-refractivity contribution in [2.24, 2.45) is 5.92 Å². The molecule has 7 nitrogen and oxygen atoms in total. The van der Waals surface area contributed by atoms with Crippen LogP contribution < -0.4 is 10.6 Å². The molecule has 114 valence electrons. The van der Waals surface area contributed by atoms with E-state index in [1.54, 1.807) is 12.1 Å². The molecule has 2 rings (SSSR count). The van der Waals surface area contributed by atoms with E-state index in [-0.39, 0.29) is 18.4 Å². The number of amides is 3. The summed E-state index contributed by atoms with van der Waals surface area (Å²) in [5.74, 6) is -0.548. The standard InChI is InChI=1S/C14H18N2O5/c17-12(9-21-13(18)10-4-1-2-5-10)16-14(19)15-8-11-6-3-7-20-11/h3,6-7,10H,1-2,4-5,8-9H2,(H2,15,16,17,19). The van der Waals surface area contributed by atoms with E-state index >= 15 is 0 Å². The van der Waals surface area contributed by atoms with E-state index in [0.717, 1.165) is 25.7 Å². The molecule has 0 atom stereocenters. The molecule has 1 aliphatic carbocycles. The first-order valence-electron chi connectivity index (χ1n) is 6.92. The van der Waals surface area contributed by atoms with Crippen LogP contribution in [0.1, 0.15) is 31.4 Å². The Bertz CT molecular complexity index is 491. The average molecular weight is 294 g/mol. The molecule has 1 aromatic heterocycles. The summed E-state index contributed by atoms with van der Waals surface area (Å²) in [6.45, 7) is -0.266. The Labute approximate surface area is 122 Å². The molecule has 0 aromatic carbocycles. The Balaban J connectivity index is 1.62. The van der Waals surface area contributed by atoms with Gasteiger partial charge in [-0.3, -0.25) is 14.9 Å². The summed E-state index contributed by atoms with van der Waals surface area (Å²) in [5, 5.41) is 4.53. The number of ether oxygens (including phenoxy) is 1. The van der Waals surface area contributed by atoms with Gasteiger partial charge in [0.05, 0.1) is 18.7 Å². The lowest BCUT2D eigenvalue weighted by atomic mass is 10.1. The highest BCUT2D eigenvalue weighted by Crippen LogP contribution is 2.25. The van der Waals surface area contributed by atoms with E-state index in [0.29, 0.717) is 5.76 Å². The lowest BCUT2D eigenvalue weighted by Gasteiger charge is -2.09. The van der Waals surface area contributed by atoms with Gasteiger partial charge in [-0.05, 0) is 25.0 Å². The van der Waals surface area contributed by atoms with Gasteiger partial charge in [0.15, 0.2) is 6.61 Å². The molecule has 0 saturated heterocycles. The third kappa shape index (κ3) is 4.94. The van der Waals surface area contributed by atoms with Gasteiger partial charge in [-0.25, -0.2) is 4.79 Å². The maximum absolute atomic E-state index is 11.6. The number of urea groups is 1. The number of carbonyl (C=O) groups excluding carboxylic acids is 3. The number of imide groups is 1. The van der Waals surface area contributed by atoms with Gasteiger partial charge in [0.1, 0.15) is 5.76 Å². The van der Waals surface area contributed by atoms with Gasteiger partial charge in [0.25, 0.3) is 5.91 Å². The van der Waals surface area contributed by atoms with Gasteiger partial charge in [0.2, 0.25) is 0 Å². The fourth-order valence-electron chi connectivity index (χ4n) is 2.20. The second-order valence-electron chi connectivity index (χ2n) is 4.90. The van der Waals surface area contributed by atoms with Crippen LogP contribution in [0.15, 0.2) is 22.8 Å². The van der Waals surface area contributed by atoms with Crippen molar-refractivity contribution in [2.45, 2.75) is 32.2 Å². The molecule has 1 fully saturated rings. The normalized spacial score (nSPS) is 14.7. The molecule has 0 aliphatic heterocycles. The molecule has 1 aliphatic rings. The molecular weight excluding hydrogens is 276 g/mol. The monoisotopic (exact) mass is 294 g/mol. The highest BCUT2D eigenvalue weighted by molar-refractivity contribution is 5.95. The summed E-state index contributed by atoms with van der Waals surface area (Å²) in [7, 11) is 0. The number of hydrogen-bond acceptors (Lipinski definition) is 5. The molecule has 0 bridgehead atoms.